The van der Waals surface area contributed by atoms with E-state index in [1.54, 1.807) is 6.07 Å². The number of benzene rings is 1. The first-order valence-electron chi connectivity index (χ1n) is 6.66. The summed E-state index contributed by atoms with van der Waals surface area (Å²) in [4.78, 5) is 14.4. The standard InChI is InChI=1S/C16H20N2O2/c1-11-4-6-13(7-5-11)12(2)17-10-14-8-9-15(18-14)16(19)20-3/h4-9,12,17-18H,10H2,1-3H3/t12-/m1/s1. The number of carbonyl (C=O) groups excluding carboxylic acids is 1. The van der Waals surface area contributed by atoms with Crippen LogP contribution in [0.4, 0.5) is 0 Å². The second-order valence-corrected chi connectivity index (χ2v) is 4.90. The summed E-state index contributed by atoms with van der Waals surface area (Å²) in [5.41, 5.74) is 3.94. The lowest BCUT2D eigenvalue weighted by Crippen LogP contribution is -2.18. The van der Waals surface area contributed by atoms with Crippen molar-refractivity contribution >= 4 is 5.97 Å². The van der Waals surface area contributed by atoms with E-state index in [-0.39, 0.29) is 12.0 Å². The number of nitrogens with one attached hydrogen (secondary N) is 2. The zero-order valence-corrected chi connectivity index (χ0v) is 12.1. The van der Waals surface area contributed by atoms with E-state index >= 15 is 0 Å². The fourth-order valence-corrected chi connectivity index (χ4v) is 2.01. The molecular weight excluding hydrogens is 252 g/mol. The van der Waals surface area contributed by atoms with Gasteiger partial charge in [0, 0.05) is 18.3 Å². The molecule has 0 amide bonds. The highest BCUT2D eigenvalue weighted by Gasteiger charge is 2.09. The van der Waals surface area contributed by atoms with E-state index in [1.165, 1.54) is 18.2 Å². The Morgan fingerprint density at radius 2 is 1.95 bits per heavy atom. The van der Waals surface area contributed by atoms with Crippen LogP contribution in [-0.2, 0) is 11.3 Å². The smallest absolute Gasteiger partial charge is 0.354 e. The molecule has 0 saturated carbocycles. The lowest BCUT2D eigenvalue weighted by atomic mass is 10.1. The van der Waals surface area contributed by atoms with E-state index in [2.05, 4.69) is 53.2 Å². The van der Waals surface area contributed by atoms with Crippen LogP contribution in [0, 0.1) is 6.92 Å². The average Bonchev–Trinajstić information content (AvgIpc) is 2.93. The first-order valence-corrected chi connectivity index (χ1v) is 6.66. The Kier molecular flexibility index (Phi) is 4.58. The van der Waals surface area contributed by atoms with Gasteiger partial charge in [-0.3, -0.25) is 0 Å². The van der Waals surface area contributed by atoms with Gasteiger partial charge in [-0.05, 0) is 31.5 Å². The highest BCUT2D eigenvalue weighted by atomic mass is 16.5. The van der Waals surface area contributed by atoms with Crippen LogP contribution in [0.3, 0.4) is 0 Å². The van der Waals surface area contributed by atoms with Crippen molar-refractivity contribution < 1.29 is 9.53 Å². The minimum atomic E-state index is -0.345. The van der Waals surface area contributed by atoms with E-state index in [0.717, 1.165) is 5.69 Å². The number of aromatic amines is 1. The molecule has 0 fully saturated rings. The first-order chi connectivity index (χ1) is 9.60. The van der Waals surface area contributed by atoms with Crippen LogP contribution < -0.4 is 5.32 Å². The summed E-state index contributed by atoms with van der Waals surface area (Å²) in [5.74, 6) is -0.345. The molecular formula is C16H20N2O2. The molecule has 0 bridgehead atoms. The molecule has 0 radical (unpaired) electrons. The summed E-state index contributed by atoms with van der Waals surface area (Å²) in [6.45, 7) is 4.87. The van der Waals surface area contributed by atoms with Gasteiger partial charge in [0.05, 0.1) is 7.11 Å². The van der Waals surface area contributed by atoms with Gasteiger partial charge in [-0.25, -0.2) is 4.79 Å². The van der Waals surface area contributed by atoms with Crippen LogP contribution in [0.1, 0.15) is 40.3 Å². The topological polar surface area (TPSA) is 54.1 Å². The monoisotopic (exact) mass is 272 g/mol. The maximum Gasteiger partial charge on any atom is 0.354 e. The third-order valence-electron chi connectivity index (χ3n) is 3.33. The molecule has 0 aliphatic heterocycles. The number of aryl methyl sites for hydroxylation is 1. The molecule has 106 valence electrons. The van der Waals surface area contributed by atoms with E-state index in [0.29, 0.717) is 12.2 Å². The van der Waals surface area contributed by atoms with Crippen molar-refractivity contribution in [2.24, 2.45) is 0 Å². The van der Waals surface area contributed by atoms with Gasteiger partial charge in [-0.2, -0.15) is 0 Å². The van der Waals surface area contributed by atoms with Crippen molar-refractivity contribution in [1.29, 1.82) is 0 Å². The second kappa shape index (κ2) is 6.39. The molecule has 0 unspecified atom stereocenters. The molecule has 1 heterocycles. The third kappa shape index (κ3) is 3.48. The number of hydrogen-bond acceptors (Lipinski definition) is 3. The highest BCUT2D eigenvalue weighted by molar-refractivity contribution is 5.87. The van der Waals surface area contributed by atoms with Gasteiger partial charge in [0.25, 0.3) is 0 Å². The Hall–Kier alpha value is -2.07. The number of ether oxygens (including phenoxy) is 1. The van der Waals surface area contributed by atoms with Gasteiger partial charge >= 0.3 is 5.97 Å². The zero-order chi connectivity index (χ0) is 14.5. The fraction of sp³-hybridized carbons (Fsp3) is 0.312. The minimum Gasteiger partial charge on any atom is -0.464 e. The van der Waals surface area contributed by atoms with Crippen molar-refractivity contribution in [3.63, 3.8) is 0 Å². The first kappa shape index (κ1) is 14.3. The average molecular weight is 272 g/mol. The highest BCUT2D eigenvalue weighted by Crippen LogP contribution is 2.14. The number of methoxy groups -OCH3 is 1. The normalized spacial score (nSPS) is 12.2. The molecule has 4 heteroatoms. The predicted molar refractivity (Wildman–Crippen MR) is 78.6 cm³/mol. The number of carbonyl (C=O) groups is 1. The Morgan fingerprint density at radius 1 is 1.25 bits per heavy atom. The Labute approximate surface area is 119 Å². The van der Waals surface area contributed by atoms with Gasteiger partial charge in [-0.15, -0.1) is 0 Å². The number of hydrogen-bond donors (Lipinski definition) is 2. The summed E-state index contributed by atoms with van der Waals surface area (Å²) >= 11 is 0. The second-order valence-electron chi connectivity index (χ2n) is 4.90. The lowest BCUT2D eigenvalue weighted by Gasteiger charge is -2.13. The Balaban J connectivity index is 1.93. The number of aromatic nitrogens is 1. The SMILES string of the molecule is COC(=O)c1ccc(CN[C@H](C)c2ccc(C)cc2)[nH]1. The van der Waals surface area contributed by atoms with Crippen LogP contribution in [0.2, 0.25) is 0 Å². The van der Waals surface area contributed by atoms with Gasteiger partial charge in [0.2, 0.25) is 0 Å². The molecule has 1 atom stereocenters. The van der Waals surface area contributed by atoms with E-state index < -0.39 is 0 Å². The third-order valence-corrected chi connectivity index (χ3v) is 3.33. The lowest BCUT2D eigenvalue weighted by molar-refractivity contribution is 0.0594. The van der Waals surface area contributed by atoms with Crippen LogP contribution in [0.15, 0.2) is 36.4 Å². The summed E-state index contributed by atoms with van der Waals surface area (Å²) in [6.07, 6.45) is 0. The van der Waals surface area contributed by atoms with Gasteiger partial charge < -0.3 is 15.0 Å². The van der Waals surface area contributed by atoms with Crippen molar-refractivity contribution in [2.75, 3.05) is 7.11 Å². The predicted octanol–water partition coefficient (Wildman–Crippen LogP) is 2.96. The molecule has 0 aliphatic carbocycles. The Morgan fingerprint density at radius 3 is 2.60 bits per heavy atom. The number of H-pyrrole nitrogens is 1. The fourth-order valence-electron chi connectivity index (χ4n) is 2.01. The van der Waals surface area contributed by atoms with Crippen molar-refractivity contribution in [3.8, 4) is 0 Å². The maximum atomic E-state index is 11.3. The summed E-state index contributed by atoms with van der Waals surface area (Å²) in [5, 5.41) is 3.42. The molecule has 0 aliphatic rings. The van der Waals surface area contributed by atoms with Crippen LogP contribution >= 0.6 is 0 Å². The summed E-state index contributed by atoms with van der Waals surface area (Å²) in [6, 6.07) is 12.3. The number of esters is 1. The maximum absolute atomic E-state index is 11.3. The Bertz CT molecular complexity index is 572. The molecule has 2 N–H and O–H groups in total. The van der Waals surface area contributed by atoms with E-state index in [4.69, 9.17) is 0 Å². The molecule has 0 saturated heterocycles. The van der Waals surface area contributed by atoms with E-state index in [9.17, 15) is 4.79 Å². The molecule has 4 nitrogen and oxygen atoms in total. The quantitative estimate of drug-likeness (QED) is 0.823. The van der Waals surface area contributed by atoms with Gasteiger partial charge in [0.1, 0.15) is 5.69 Å². The molecule has 1 aromatic heterocycles. The minimum absolute atomic E-state index is 0.250. The molecule has 2 aromatic rings. The molecule has 2 rings (SSSR count). The van der Waals surface area contributed by atoms with Gasteiger partial charge in [-0.1, -0.05) is 29.8 Å². The summed E-state index contributed by atoms with van der Waals surface area (Å²) < 4.78 is 4.67. The van der Waals surface area contributed by atoms with Crippen molar-refractivity contribution in [2.45, 2.75) is 26.4 Å². The van der Waals surface area contributed by atoms with Crippen molar-refractivity contribution in [3.05, 3.63) is 58.9 Å². The van der Waals surface area contributed by atoms with E-state index in [1.807, 2.05) is 6.07 Å². The molecule has 20 heavy (non-hydrogen) atoms. The van der Waals surface area contributed by atoms with Gasteiger partial charge in [0.15, 0.2) is 0 Å². The molecule has 0 spiro atoms. The largest absolute Gasteiger partial charge is 0.464 e. The van der Waals surface area contributed by atoms with Crippen molar-refractivity contribution in [1.82, 2.24) is 10.3 Å². The van der Waals surface area contributed by atoms with Crippen LogP contribution in [-0.4, -0.2) is 18.1 Å². The summed E-state index contributed by atoms with van der Waals surface area (Å²) in [7, 11) is 1.38. The molecule has 1 aromatic carbocycles. The zero-order valence-electron chi connectivity index (χ0n) is 12.1. The van der Waals surface area contributed by atoms with Crippen LogP contribution in [0.25, 0.3) is 0 Å². The number of rotatable bonds is 5. The van der Waals surface area contributed by atoms with Crippen LogP contribution in [0.5, 0.6) is 0 Å².